The molecule has 10 heteroatoms. The van der Waals surface area contributed by atoms with Crippen molar-refractivity contribution in [2.75, 3.05) is 36.6 Å². The normalized spacial score (nSPS) is 28.5. The minimum absolute atomic E-state index is 0.0186. The van der Waals surface area contributed by atoms with Gasteiger partial charge in [0.2, 0.25) is 0 Å². The summed E-state index contributed by atoms with van der Waals surface area (Å²) in [5, 5.41) is 13.3. The number of nitrogens with one attached hydrogen (secondary N) is 1. The second-order valence-corrected chi connectivity index (χ2v) is 8.90. The molecule has 1 saturated heterocycles. The average molecular weight is 433 g/mol. The Bertz CT molecular complexity index is 681. The molecule has 158 valence electrons. The van der Waals surface area contributed by atoms with E-state index in [1.807, 2.05) is 13.8 Å². The zero-order valence-corrected chi connectivity index (χ0v) is 18.1. The van der Waals surface area contributed by atoms with E-state index in [4.69, 9.17) is 36.7 Å². The number of anilines is 2. The van der Waals surface area contributed by atoms with Crippen molar-refractivity contribution in [1.29, 1.82) is 0 Å². The molecule has 28 heavy (non-hydrogen) atoms. The third-order valence-electron chi connectivity index (χ3n) is 4.80. The van der Waals surface area contributed by atoms with Gasteiger partial charge in [-0.2, -0.15) is 0 Å². The monoisotopic (exact) mass is 432 g/mol. The van der Waals surface area contributed by atoms with Crippen LogP contribution in [0.2, 0.25) is 5.15 Å². The highest BCUT2D eigenvalue weighted by molar-refractivity contribution is 7.99. The number of aromatic nitrogens is 2. The van der Waals surface area contributed by atoms with Crippen molar-refractivity contribution in [3.8, 4) is 0 Å². The van der Waals surface area contributed by atoms with Gasteiger partial charge < -0.3 is 30.4 Å². The molecular formula is C18H29ClN4O4S. The number of nitrogens with two attached hydrogens (primary N) is 1. The van der Waals surface area contributed by atoms with Crippen LogP contribution in [0, 0.1) is 5.92 Å². The summed E-state index contributed by atoms with van der Waals surface area (Å²) in [5.41, 5.74) is 6.41. The van der Waals surface area contributed by atoms with Gasteiger partial charge in [0.1, 0.15) is 11.8 Å². The van der Waals surface area contributed by atoms with Gasteiger partial charge in [0.15, 0.2) is 21.9 Å². The molecule has 4 N–H and O–H groups in total. The number of aliphatic hydroxyl groups excluding tert-OH is 1. The summed E-state index contributed by atoms with van der Waals surface area (Å²) >= 11 is 7.73. The molecule has 2 aliphatic rings. The topological polar surface area (TPSA) is 112 Å². The summed E-state index contributed by atoms with van der Waals surface area (Å²) in [5.74, 6) is 0.940. The molecule has 2 fully saturated rings. The Balaban J connectivity index is 1.69. The second kappa shape index (κ2) is 9.32. The van der Waals surface area contributed by atoms with Crippen molar-refractivity contribution < 1.29 is 19.3 Å². The molecule has 0 amide bonds. The fraction of sp³-hybridized carbons (Fsp3) is 0.778. The Morgan fingerprint density at radius 3 is 2.82 bits per heavy atom. The van der Waals surface area contributed by atoms with Gasteiger partial charge in [-0.15, -0.1) is 0 Å². The lowest BCUT2D eigenvalue weighted by Gasteiger charge is -2.24. The number of aliphatic hydroxyl groups is 1. The van der Waals surface area contributed by atoms with Gasteiger partial charge in [-0.1, -0.05) is 30.3 Å². The first kappa shape index (κ1) is 21.9. The van der Waals surface area contributed by atoms with Crippen molar-refractivity contribution in [2.45, 2.75) is 62.9 Å². The molecule has 1 aromatic heterocycles. The number of fused-ring (bicyclic) bond motifs is 1. The fourth-order valence-corrected chi connectivity index (χ4v) is 4.56. The van der Waals surface area contributed by atoms with Crippen molar-refractivity contribution in [2.24, 2.45) is 5.92 Å². The minimum atomic E-state index is -0.657. The summed E-state index contributed by atoms with van der Waals surface area (Å²) < 4.78 is 17.9. The standard InChI is InChI=1S/C18H29ClN4O4S/c1-4-7-28-17-22-15(19)12(20)16(23-17)21-9-10-8-11(25-6-5-24)14-13(10)26-18(2,3)27-14/h10-11,13-14,24H,4-9,20H2,1-3H3,(H,21,22,23)/t10-,11-,13?,14?/m0/s1. The number of halogens is 1. The van der Waals surface area contributed by atoms with Crippen molar-refractivity contribution >= 4 is 34.9 Å². The van der Waals surface area contributed by atoms with Crippen LogP contribution in [0.25, 0.3) is 0 Å². The number of hydrogen-bond donors (Lipinski definition) is 3. The van der Waals surface area contributed by atoms with Crippen molar-refractivity contribution in [3.05, 3.63) is 5.15 Å². The molecule has 2 heterocycles. The van der Waals surface area contributed by atoms with Gasteiger partial charge in [-0.25, -0.2) is 9.97 Å². The lowest BCUT2D eigenvalue weighted by atomic mass is 10.1. The zero-order valence-electron chi connectivity index (χ0n) is 16.5. The first-order valence-corrected chi connectivity index (χ1v) is 11.0. The molecule has 1 saturated carbocycles. The Hall–Kier alpha value is -0.840. The molecule has 2 unspecified atom stereocenters. The van der Waals surface area contributed by atoms with E-state index in [-0.39, 0.29) is 42.6 Å². The Kier molecular flexibility index (Phi) is 7.27. The first-order chi connectivity index (χ1) is 13.3. The molecule has 8 nitrogen and oxygen atoms in total. The molecule has 1 aliphatic heterocycles. The van der Waals surface area contributed by atoms with E-state index in [9.17, 15) is 0 Å². The number of rotatable bonds is 9. The number of ether oxygens (including phenoxy) is 3. The maximum absolute atomic E-state index is 9.08. The number of thioether (sulfide) groups is 1. The van der Waals surface area contributed by atoms with Crippen LogP contribution < -0.4 is 11.1 Å². The number of hydrogen-bond acceptors (Lipinski definition) is 9. The van der Waals surface area contributed by atoms with Crippen molar-refractivity contribution in [3.63, 3.8) is 0 Å². The summed E-state index contributed by atoms with van der Waals surface area (Å²) in [6.45, 7) is 6.76. The largest absolute Gasteiger partial charge is 0.394 e. The van der Waals surface area contributed by atoms with Gasteiger partial charge in [0.05, 0.1) is 25.4 Å². The number of nitrogen functional groups attached to an aromatic ring is 1. The van der Waals surface area contributed by atoms with Gasteiger partial charge in [0, 0.05) is 18.2 Å². The van der Waals surface area contributed by atoms with E-state index in [2.05, 4.69) is 22.2 Å². The molecular weight excluding hydrogens is 404 g/mol. The molecule has 4 atom stereocenters. The smallest absolute Gasteiger partial charge is 0.191 e. The summed E-state index contributed by atoms with van der Waals surface area (Å²) in [6, 6.07) is 0. The van der Waals surface area contributed by atoms with Crippen LogP contribution in [0.3, 0.4) is 0 Å². The predicted molar refractivity (Wildman–Crippen MR) is 110 cm³/mol. The molecule has 3 rings (SSSR count). The first-order valence-electron chi connectivity index (χ1n) is 9.62. The van der Waals surface area contributed by atoms with E-state index in [1.165, 1.54) is 0 Å². The van der Waals surface area contributed by atoms with Crippen LogP contribution in [0.1, 0.15) is 33.6 Å². The van der Waals surface area contributed by atoms with Crippen LogP contribution in [0.4, 0.5) is 11.5 Å². The third kappa shape index (κ3) is 5.01. The minimum Gasteiger partial charge on any atom is -0.394 e. The van der Waals surface area contributed by atoms with E-state index in [0.29, 0.717) is 23.2 Å². The van der Waals surface area contributed by atoms with Crippen molar-refractivity contribution in [1.82, 2.24) is 9.97 Å². The predicted octanol–water partition coefficient (Wildman–Crippen LogP) is 2.54. The summed E-state index contributed by atoms with van der Waals surface area (Å²) in [7, 11) is 0. The van der Waals surface area contributed by atoms with Crippen LogP contribution in [0.15, 0.2) is 5.16 Å². The summed E-state index contributed by atoms with van der Waals surface area (Å²) in [4.78, 5) is 8.74. The molecule has 0 bridgehead atoms. The molecule has 0 radical (unpaired) electrons. The quantitative estimate of drug-likeness (QED) is 0.308. The molecule has 1 aromatic rings. The van der Waals surface area contributed by atoms with Crippen LogP contribution >= 0.6 is 23.4 Å². The van der Waals surface area contributed by atoms with Crippen LogP contribution in [0.5, 0.6) is 0 Å². The van der Waals surface area contributed by atoms with Crippen LogP contribution in [-0.2, 0) is 14.2 Å². The van der Waals surface area contributed by atoms with Gasteiger partial charge in [-0.3, -0.25) is 0 Å². The van der Waals surface area contributed by atoms with Gasteiger partial charge >= 0.3 is 0 Å². The van der Waals surface area contributed by atoms with E-state index in [0.717, 1.165) is 18.6 Å². The Morgan fingerprint density at radius 2 is 2.11 bits per heavy atom. The highest BCUT2D eigenvalue weighted by atomic mass is 35.5. The van der Waals surface area contributed by atoms with Crippen LogP contribution in [-0.4, -0.2) is 64.7 Å². The lowest BCUT2D eigenvalue weighted by molar-refractivity contribution is -0.171. The average Bonchev–Trinajstić information content (AvgIpc) is 3.13. The zero-order chi connectivity index (χ0) is 20.3. The maximum Gasteiger partial charge on any atom is 0.191 e. The Morgan fingerprint density at radius 1 is 1.36 bits per heavy atom. The van der Waals surface area contributed by atoms with E-state index >= 15 is 0 Å². The lowest BCUT2D eigenvalue weighted by Crippen LogP contribution is -2.31. The maximum atomic E-state index is 9.08. The third-order valence-corrected chi connectivity index (χ3v) is 6.14. The highest BCUT2D eigenvalue weighted by Crippen LogP contribution is 2.43. The van der Waals surface area contributed by atoms with E-state index < -0.39 is 5.79 Å². The molecule has 0 spiro atoms. The Labute approximate surface area is 174 Å². The number of nitrogens with zero attached hydrogens (tertiary/aromatic N) is 2. The van der Waals surface area contributed by atoms with Gasteiger partial charge in [-0.05, 0) is 26.7 Å². The second-order valence-electron chi connectivity index (χ2n) is 7.48. The molecule has 0 aromatic carbocycles. The van der Waals surface area contributed by atoms with E-state index in [1.54, 1.807) is 11.8 Å². The summed E-state index contributed by atoms with van der Waals surface area (Å²) in [6.07, 6.45) is 1.41. The molecule has 1 aliphatic carbocycles. The highest BCUT2D eigenvalue weighted by Gasteiger charge is 2.54. The fourth-order valence-electron chi connectivity index (χ4n) is 3.65. The SMILES string of the molecule is CCCSc1nc(Cl)c(N)c(NC[C@@H]2C[C@H](OCCO)C3OC(C)(C)OC32)n1. The van der Waals surface area contributed by atoms with Gasteiger partial charge in [0.25, 0.3) is 0 Å².